The van der Waals surface area contributed by atoms with Crippen LogP contribution < -0.4 is 0 Å². The summed E-state index contributed by atoms with van der Waals surface area (Å²) >= 11 is 0. The summed E-state index contributed by atoms with van der Waals surface area (Å²) in [6, 6.07) is 0. The second kappa shape index (κ2) is 2.24. The van der Waals surface area contributed by atoms with E-state index in [2.05, 4.69) is 0 Å². The van der Waals surface area contributed by atoms with Gasteiger partial charge in [-0.15, -0.1) is 0 Å². The molecule has 0 aromatic heterocycles. The Morgan fingerprint density at radius 1 is 1.44 bits per heavy atom. The van der Waals surface area contributed by atoms with Crippen LogP contribution in [0.4, 0.5) is 0 Å². The van der Waals surface area contributed by atoms with Crippen LogP contribution in [0.15, 0.2) is 0 Å². The summed E-state index contributed by atoms with van der Waals surface area (Å²) in [4.78, 5) is 0. The highest BCUT2D eigenvalue weighted by atomic mass is 32.2. The molecule has 2 N–H and O–H groups in total. The number of hydrogen-bond donors (Lipinski definition) is 2. The third-order valence-electron chi connectivity index (χ3n) is 1.08. The van der Waals surface area contributed by atoms with Crippen molar-refractivity contribution in [2.45, 2.75) is 18.6 Å². The Bertz CT molecular complexity index is 179. The van der Waals surface area contributed by atoms with Crippen LogP contribution in [0.2, 0.25) is 0 Å². The van der Waals surface area contributed by atoms with Gasteiger partial charge in [-0.25, -0.2) is 0 Å². The van der Waals surface area contributed by atoms with Crippen molar-refractivity contribution in [3.8, 4) is 0 Å². The van der Waals surface area contributed by atoms with Gasteiger partial charge in [0.2, 0.25) is 0 Å². The fourth-order valence-corrected chi connectivity index (χ4v) is 0.245. The average Bonchev–Trinajstić information content (AvgIpc) is 1.64. The first kappa shape index (κ1) is 8.87. The second-order valence-electron chi connectivity index (χ2n) is 2.39. The molecule has 4 nitrogen and oxygen atoms in total. The number of aliphatic hydroxyl groups excluding tert-OH is 1. The molecule has 0 aliphatic carbocycles. The van der Waals surface area contributed by atoms with Crippen molar-refractivity contribution in [3.05, 3.63) is 0 Å². The van der Waals surface area contributed by atoms with Crippen molar-refractivity contribution in [2.24, 2.45) is 0 Å². The fourth-order valence-electron chi connectivity index (χ4n) is 0.0816. The van der Waals surface area contributed by atoms with Crippen molar-refractivity contribution in [1.82, 2.24) is 0 Å². The lowest BCUT2D eigenvalue weighted by atomic mass is 10.2. The van der Waals surface area contributed by atoms with Gasteiger partial charge in [0.05, 0.1) is 6.61 Å². The van der Waals surface area contributed by atoms with Gasteiger partial charge in [-0.1, -0.05) is 0 Å². The maximum absolute atomic E-state index is 10.3. The summed E-state index contributed by atoms with van der Waals surface area (Å²) in [6.45, 7) is 1.90. The first-order valence-electron chi connectivity index (χ1n) is 2.39. The highest BCUT2D eigenvalue weighted by Crippen LogP contribution is 2.12. The standard InChI is InChI=1S/C4H10O4S/c1-4(2,3-5)9(6,7)8/h5H,3H2,1-2H3,(H,6,7,8). The van der Waals surface area contributed by atoms with E-state index in [1.165, 1.54) is 13.8 Å². The smallest absolute Gasteiger partial charge is 0.272 e. The number of hydrogen-bond acceptors (Lipinski definition) is 3. The maximum atomic E-state index is 10.3. The van der Waals surface area contributed by atoms with Crippen molar-refractivity contribution >= 4 is 10.1 Å². The molecule has 0 saturated carbocycles. The minimum atomic E-state index is -4.10. The van der Waals surface area contributed by atoms with E-state index in [1.807, 2.05) is 0 Å². The molecule has 0 unspecified atom stereocenters. The number of rotatable bonds is 2. The Labute approximate surface area is 54.3 Å². The van der Waals surface area contributed by atoms with Crippen molar-refractivity contribution in [2.75, 3.05) is 6.61 Å². The highest BCUT2D eigenvalue weighted by molar-refractivity contribution is 7.87. The second-order valence-corrected chi connectivity index (χ2v) is 4.45. The largest absolute Gasteiger partial charge is 0.395 e. The molecule has 0 fully saturated rings. The van der Waals surface area contributed by atoms with Crippen LogP contribution in [-0.4, -0.2) is 29.4 Å². The molecule has 0 rings (SSSR count). The topological polar surface area (TPSA) is 74.6 Å². The molecule has 0 aromatic rings. The zero-order chi connectivity index (χ0) is 7.71. The summed E-state index contributed by atoms with van der Waals surface area (Å²) in [5, 5.41) is 8.39. The Hall–Kier alpha value is -0.130. The third-order valence-corrected chi connectivity index (χ3v) is 2.60. The predicted molar refractivity (Wildman–Crippen MR) is 32.7 cm³/mol. The molecule has 0 aliphatic rings. The summed E-state index contributed by atoms with van der Waals surface area (Å²) in [7, 11) is -4.10. The van der Waals surface area contributed by atoms with Crippen LogP contribution in [0, 0.1) is 0 Å². The van der Waals surface area contributed by atoms with Crippen LogP contribution in [0.3, 0.4) is 0 Å². The minimum Gasteiger partial charge on any atom is -0.395 e. The molecule has 0 heterocycles. The van der Waals surface area contributed by atoms with Crippen molar-refractivity contribution in [3.63, 3.8) is 0 Å². The average molecular weight is 154 g/mol. The molecule has 0 saturated heterocycles. The van der Waals surface area contributed by atoms with Gasteiger partial charge < -0.3 is 5.11 Å². The SMILES string of the molecule is CC(C)(CO)S(=O)(=O)O. The normalized spacial score (nSPS) is 13.8. The van der Waals surface area contributed by atoms with E-state index in [4.69, 9.17) is 9.66 Å². The monoisotopic (exact) mass is 154 g/mol. The van der Waals surface area contributed by atoms with Gasteiger partial charge in [0.15, 0.2) is 0 Å². The summed E-state index contributed by atoms with van der Waals surface area (Å²) in [6.07, 6.45) is 0. The summed E-state index contributed by atoms with van der Waals surface area (Å²) < 4.78 is 27.5. The molecule has 0 atom stereocenters. The van der Waals surface area contributed by atoms with Crippen LogP contribution in [-0.2, 0) is 10.1 Å². The molecule has 0 radical (unpaired) electrons. The number of aliphatic hydroxyl groups is 1. The Morgan fingerprint density at radius 2 is 1.78 bits per heavy atom. The molecule has 9 heavy (non-hydrogen) atoms. The maximum Gasteiger partial charge on any atom is 0.272 e. The fraction of sp³-hybridized carbons (Fsp3) is 1.00. The van der Waals surface area contributed by atoms with Crippen LogP contribution in [0.1, 0.15) is 13.8 Å². The first-order valence-corrected chi connectivity index (χ1v) is 3.83. The van der Waals surface area contributed by atoms with Gasteiger partial charge in [-0.3, -0.25) is 4.55 Å². The van der Waals surface area contributed by atoms with Crippen molar-refractivity contribution < 1.29 is 18.1 Å². The van der Waals surface area contributed by atoms with Gasteiger partial charge in [0.25, 0.3) is 10.1 Å². The molecular weight excluding hydrogens is 144 g/mol. The molecular formula is C4H10O4S. The molecule has 0 amide bonds. The zero-order valence-electron chi connectivity index (χ0n) is 5.33. The third kappa shape index (κ3) is 1.92. The lowest BCUT2D eigenvalue weighted by Crippen LogP contribution is -2.35. The van der Waals surface area contributed by atoms with Crippen molar-refractivity contribution in [1.29, 1.82) is 0 Å². The minimum absolute atomic E-state index is 0.578. The van der Waals surface area contributed by atoms with Crippen LogP contribution >= 0.6 is 0 Å². The van der Waals surface area contributed by atoms with E-state index in [-0.39, 0.29) is 0 Å². The van der Waals surface area contributed by atoms with Gasteiger partial charge in [-0.2, -0.15) is 8.42 Å². The highest BCUT2D eigenvalue weighted by Gasteiger charge is 2.31. The van der Waals surface area contributed by atoms with Gasteiger partial charge in [0.1, 0.15) is 4.75 Å². The molecule has 0 aromatic carbocycles. The molecule has 56 valence electrons. The van der Waals surface area contributed by atoms with Gasteiger partial charge >= 0.3 is 0 Å². The lowest BCUT2D eigenvalue weighted by Gasteiger charge is -2.16. The quantitative estimate of drug-likeness (QED) is 0.533. The van der Waals surface area contributed by atoms with Crippen LogP contribution in [0.5, 0.6) is 0 Å². The Kier molecular flexibility index (Phi) is 2.21. The van der Waals surface area contributed by atoms with Crippen LogP contribution in [0.25, 0.3) is 0 Å². The zero-order valence-corrected chi connectivity index (χ0v) is 6.14. The van der Waals surface area contributed by atoms with E-state index in [0.717, 1.165) is 0 Å². The van der Waals surface area contributed by atoms with E-state index in [1.54, 1.807) is 0 Å². The summed E-state index contributed by atoms with van der Waals surface area (Å²) in [5.41, 5.74) is 0. The Balaban J connectivity index is 4.56. The van der Waals surface area contributed by atoms with E-state index in [0.29, 0.717) is 0 Å². The molecule has 0 aliphatic heterocycles. The molecule has 0 spiro atoms. The summed E-state index contributed by atoms with van der Waals surface area (Å²) in [5.74, 6) is 0. The molecule has 5 heteroatoms. The van der Waals surface area contributed by atoms with E-state index < -0.39 is 21.5 Å². The first-order chi connectivity index (χ1) is 3.81. The Morgan fingerprint density at radius 3 is 1.78 bits per heavy atom. The van der Waals surface area contributed by atoms with Gasteiger partial charge in [0, 0.05) is 0 Å². The predicted octanol–water partition coefficient (Wildman–Crippen LogP) is -0.355. The lowest BCUT2D eigenvalue weighted by molar-refractivity contribution is 0.250. The van der Waals surface area contributed by atoms with E-state index in [9.17, 15) is 8.42 Å². The van der Waals surface area contributed by atoms with E-state index >= 15 is 0 Å². The van der Waals surface area contributed by atoms with Gasteiger partial charge in [-0.05, 0) is 13.8 Å². The molecule has 0 bridgehead atoms.